The monoisotopic (exact) mass is 556 g/mol. The first-order valence-corrected chi connectivity index (χ1v) is 14.6. The van der Waals surface area contributed by atoms with Crippen molar-refractivity contribution >= 4 is 41.9 Å². The molecule has 37 heavy (non-hydrogen) atoms. The summed E-state index contributed by atoms with van der Waals surface area (Å²) in [6.45, 7) is 11.2. The number of hydrogen-bond donors (Lipinski definition) is 1. The highest BCUT2D eigenvalue weighted by Gasteiger charge is 2.71. The van der Waals surface area contributed by atoms with Crippen LogP contribution in [0.15, 0.2) is 11.6 Å². The van der Waals surface area contributed by atoms with Crippen LogP contribution in [0.3, 0.4) is 0 Å². The van der Waals surface area contributed by atoms with Gasteiger partial charge in [0.05, 0.1) is 11.0 Å². The number of carbonyl (C=O) groups is 3. The average molecular weight is 558 g/mol. The van der Waals surface area contributed by atoms with Gasteiger partial charge in [-0.15, -0.1) is 23.2 Å². The van der Waals surface area contributed by atoms with Crippen LogP contribution < -0.4 is 0 Å². The number of alkyl halides is 2. The van der Waals surface area contributed by atoms with Gasteiger partial charge in [-0.05, 0) is 105 Å². The summed E-state index contributed by atoms with van der Waals surface area (Å²) in [7, 11) is 0. The van der Waals surface area contributed by atoms with Crippen molar-refractivity contribution in [3.05, 3.63) is 11.6 Å². The van der Waals surface area contributed by atoms with Gasteiger partial charge in [0.15, 0.2) is 5.78 Å². The molecular weight excluding hydrogens is 515 g/mol. The summed E-state index contributed by atoms with van der Waals surface area (Å²) >= 11 is 13.7. The van der Waals surface area contributed by atoms with Gasteiger partial charge >= 0.3 is 0 Å². The number of halogens is 2. The van der Waals surface area contributed by atoms with Gasteiger partial charge in [-0.25, -0.2) is 0 Å². The largest absolute Gasteiger partial charge is 0.460 e. The van der Waals surface area contributed by atoms with E-state index in [0.717, 1.165) is 44.1 Å². The molecule has 3 unspecified atom stereocenters. The maximum Gasteiger partial charge on any atom is 0.293 e. The molecule has 4 rings (SSSR count). The molecule has 8 heteroatoms. The van der Waals surface area contributed by atoms with Crippen LogP contribution in [0.2, 0.25) is 0 Å². The molecular formula is C29H42Cl2O6. The van der Waals surface area contributed by atoms with Crippen LogP contribution in [0.1, 0.15) is 86.0 Å². The van der Waals surface area contributed by atoms with Crippen LogP contribution >= 0.6 is 23.2 Å². The van der Waals surface area contributed by atoms with Gasteiger partial charge in [0.25, 0.3) is 12.9 Å². The van der Waals surface area contributed by atoms with E-state index >= 15 is 0 Å². The fourth-order valence-corrected chi connectivity index (χ4v) is 9.62. The van der Waals surface area contributed by atoms with Crippen molar-refractivity contribution in [2.75, 3.05) is 0 Å². The lowest BCUT2D eigenvalue weighted by atomic mass is 9.43. The second-order valence-electron chi connectivity index (χ2n) is 13.1. The predicted octanol–water partition coefficient (Wildman–Crippen LogP) is 5.59. The van der Waals surface area contributed by atoms with Crippen molar-refractivity contribution in [3.8, 4) is 0 Å². The number of carbonyl (C=O) groups excluding carboxylic acids is 3. The number of rotatable bonds is 9. The lowest BCUT2D eigenvalue weighted by Crippen LogP contribution is -2.70. The summed E-state index contributed by atoms with van der Waals surface area (Å²) in [6, 6.07) is 0. The van der Waals surface area contributed by atoms with E-state index in [1.807, 2.05) is 13.8 Å². The molecule has 3 fully saturated rings. The Morgan fingerprint density at radius 2 is 1.84 bits per heavy atom. The predicted molar refractivity (Wildman–Crippen MR) is 142 cm³/mol. The summed E-state index contributed by atoms with van der Waals surface area (Å²) in [5.74, 6) is 0.628. The Bertz CT molecular complexity index is 951. The third kappa shape index (κ3) is 4.47. The van der Waals surface area contributed by atoms with Crippen molar-refractivity contribution in [2.24, 2.45) is 34.5 Å². The summed E-state index contributed by atoms with van der Waals surface area (Å²) < 4.78 is 10.7. The second kappa shape index (κ2) is 10.1. The highest BCUT2D eigenvalue weighted by molar-refractivity contribution is 6.22. The quantitative estimate of drug-likeness (QED) is 0.294. The normalized spacial score (nSPS) is 43.0. The van der Waals surface area contributed by atoms with Gasteiger partial charge in [-0.1, -0.05) is 20.8 Å². The van der Waals surface area contributed by atoms with E-state index in [4.69, 9.17) is 32.7 Å². The minimum Gasteiger partial charge on any atom is -0.460 e. The molecule has 0 aromatic rings. The van der Waals surface area contributed by atoms with Crippen LogP contribution in [0, 0.1) is 34.5 Å². The fraction of sp³-hybridized carbons (Fsp3) is 0.828. The Balaban J connectivity index is 1.60. The molecule has 6 nitrogen and oxygen atoms in total. The van der Waals surface area contributed by atoms with E-state index in [2.05, 4.69) is 20.8 Å². The molecule has 0 spiro atoms. The van der Waals surface area contributed by atoms with Gasteiger partial charge in [-0.2, -0.15) is 0 Å². The molecule has 4 aliphatic carbocycles. The minimum absolute atomic E-state index is 0.0241. The van der Waals surface area contributed by atoms with Crippen molar-refractivity contribution in [3.63, 3.8) is 0 Å². The van der Waals surface area contributed by atoms with Crippen molar-refractivity contribution < 1.29 is 29.0 Å². The molecule has 0 aliphatic heterocycles. The topological polar surface area (TPSA) is 89.9 Å². The Kier molecular flexibility index (Phi) is 7.91. The Labute approximate surface area is 230 Å². The third-order valence-corrected chi connectivity index (χ3v) is 12.3. The van der Waals surface area contributed by atoms with E-state index in [9.17, 15) is 19.5 Å². The van der Waals surface area contributed by atoms with Gasteiger partial charge < -0.3 is 14.6 Å². The summed E-state index contributed by atoms with van der Waals surface area (Å²) in [5.41, 5.74) is -1.74. The lowest BCUT2D eigenvalue weighted by Gasteiger charge is -2.65. The molecule has 208 valence electrons. The number of fused-ring (bicyclic) bond motifs is 5. The molecule has 0 heterocycles. The first kappa shape index (κ1) is 28.9. The van der Waals surface area contributed by atoms with Crippen molar-refractivity contribution in [1.82, 2.24) is 0 Å². The number of aliphatic hydroxyl groups is 1. The first-order valence-electron chi connectivity index (χ1n) is 13.7. The Hall–Kier alpha value is -1.11. The summed E-state index contributed by atoms with van der Waals surface area (Å²) in [4.78, 5) is 34.7. The molecule has 0 saturated heterocycles. The number of ether oxygens (including phenoxy) is 2. The van der Waals surface area contributed by atoms with Crippen LogP contribution in [0.25, 0.3) is 0 Å². The molecule has 0 bridgehead atoms. The maximum absolute atomic E-state index is 12.6. The molecule has 0 amide bonds. The SMILES string of the molecule is C[C@H](CCC(Cl)C(C)(C)OC=O)[C@H]1CC[C@@H]2[C@]1(C)CC[C@H]1[C@@]2(O)C(Cl)C(OC=O)C2=CC(=O)CC[C@@]21C. The van der Waals surface area contributed by atoms with Crippen LogP contribution in [-0.4, -0.2) is 51.9 Å². The van der Waals surface area contributed by atoms with Crippen LogP contribution in [-0.2, 0) is 23.9 Å². The van der Waals surface area contributed by atoms with Gasteiger partial charge in [-0.3, -0.25) is 14.4 Å². The van der Waals surface area contributed by atoms with E-state index in [1.165, 1.54) is 0 Å². The molecule has 10 atom stereocenters. The van der Waals surface area contributed by atoms with Crippen molar-refractivity contribution in [1.29, 1.82) is 0 Å². The summed E-state index contributed by atoms with van der Waals surface area (Å²) in [6.07, 6.45) is 7.11. The first-order chi connectivity index (χ1) is 17.3. The molecule has 4 aliphatic rings. The maximum atomic E-state index is 12.6. The van der Waals surface area contributed by atoms with Gasteiger partial charge in [0.1, 0.15) is 17.1 Å². The van der Waals surface area contributed by atoms with E-state index in [-0.39, 0.29) is 28.4 Å². The fourth-order valence-electron chi connectivity index (χ4n) is 8.94. The van der Waals surface area contributed by atoms with Gasteiger partial charge in [0.2, 0.25) is 0 Å². The Morgan fingerprint density at radius 1 is 1.14 bits per heavy atom. The smallest absolute Gasteiger partial charge is 0.293 e. The molecule has 3 saturated carbocycles. The molecule has 1 N–H and O–H groups in total. The van der Waals surface area contributed by atoms with Gasteiger partial charge in [0, 0.05) is 6.42 Å². The van der Waals surface area contributed by atoms with Crippen LogP contribution in [0.4, 0.5) is 0 Å². The van der Waals surface area contributed by atoms with E-state index in [0.29, 0.717) is 37.6 Å². The third-order valence-electron chi connectivity index (χ3n) is 11.0. The molecule has 0 radical (unpaired) electrons. The standard InChI is InChI=1S/C29H42Cl2O6/c1-17(6-9-23(30)26(2,3)37-16-33)19-7-8-21-27(19,4)13-11-22-28(5)12-10-18(34)14-20(28)24(36-15-32)25(31)29(21,22)35/h14-17,19,21-25,35H,6-13H2,1-5H3/t17-,19-,21-,22-,23?,24?,25?,27-,28+,29-/m1/s1. The zero-order valence-electron chi connectivity index (χ0n) is 22.7. The van der Waals surface area contributed by atoms with E-state index in [1.54, 1.807) is 6.08 Å². The van der Waals surface area contributed by atoms with E-state index < -0.39 is 28.1 Å². The number of ketones is 1. The van der Waals surface area contributed by atoms with Crippen LogP contribution in [0.5, 0.6) is 0 Å². The average Bonchev–Trinajstić information content (AvgIpc) is 3.20. The molecule has 0 aromatic heterocycles. The summed E-state index contributed by atoms with van der Waals surface area (Å²) in [5, 5.41) is 11.5. The zero-order valence-corrected chi connectivity index (χ0v) is 24.2. The minimum atomic E-state index is -1.21. The highest BCUT2D eigenvalue weighted by atomic mass is 35.5. The molecule has 0 aromatic carbocycles. The number of hydrogen-bond acceptors (Lipinski definition) is 6. The zero-order chi connectivity index (χ0) is 27.4. The second-order valence-corrected chi connectivity index (χ2v) is 14.1. The lowest BCUT2D eigenvalue weighted by molar-refractivity contribution is -0.206. The Morgan fingerprint density at radius 3 is 2.49 bits per heavy atom. The van der Waals surface area contributed by atoms with Crippen molar-refractivity contribution in [2.45, 2.75) is 114 Å². The highest BCUT2D eigenvalue weighted by Crippen LogP contribution is 2.70.